The van der Waals surface area contributed by atoms with Crippen LogP contribution in [0.25, 0.3) is 0 Å². The molecule has 1 saturated heterocycles. The summed E-state index contributed by atoms with van der Waals surface area (Å²) in [5, 5.41) is 19.9. The highest BCUT2D eigenvalue weighted by Gasteiger charge is 2.27. The lowest BCUT2D eigenvalue weighted by molar-refractivity contribution is -0.140. The van der Waals surface area contributed by atoms with Gasteiger partial charge in [-0.2, -0.15) is 0 Å². The Morgan fingerprint density at radius 1 is 1.21 bits per heavy atom. The number of esters is 1. The first-order chi connectivity index (χ1) is 13.5. The Hall–Kier alpha value is -2.84. The Labute approximate surface area is 161 Å². The Balaban J connectivity index is 1.98. The molecule has 3 rings (SSSR count). The number of phenols is 1. The number of carbonyl (C=O) groups excluding carboxylic acids is 1. The minimum atomic E-state index is -0.731. The zero-order valence-corrected chi connectivity index (χ0v) is 15.6. The first-order valence-corrected chi connectivity index (χ1v) is 8.99. The number of carbonyl (C=O) groups is 1. The third-order valence-corrected chi connectivity index (χ3v) is 4.69. The monoisotopic (exact) mass is 389 g/mol. The van der Waals surface area contributed by atoms with Crippen molar-refractivity contribution in [2.45, 2.75) is 18.9 Å². The number of nitrogens with zero attached hydrogens (tertiary/aromatic N) is 1. The van der Waals surface area contributed by atoms with Crippen LogP contribution < -0.4 is 5.43 Å². The molecule has 1 fully saturated rings. The van der Waals surface area contributed by atoms with Gasteiger partial charge in [0.2, 0.25) is 11.2 Å². The lowest BCUT2D eigenvalue weighted by atomic mass is 9.92. The van der Waals surface area contributed by atoms with Crippen molar-refractivity contribution in [3.63, 3.8) is 0 Å². The Morgan fingerprint density at radius 3 is 2.54 bits per heavy atom. The molecule has 0 amide bonds. The zero-order chi connectivity index (χ0) is 20.1. The minimum Gasteiger partial charge on any atom is -0.508 e. The van der Waals surface area contributed by atoms with Crippen LogP contribution in [0.4, 0.5) is 0 Å². The van der Waals surface area contributed by atoms with Gasteiger partial charge in [0.15, 0.2) is 5.76 Å². The van der Waals surface area contributed by atoms with Crippen LogP contribution in [-0.2, 0) is 20.8 Å². The Kier molecular flexibility index (Phi) is 6.33. The van der Waals surface area contributed by atoms with Crippen molar-refractivity contribution in [3.05, 3.63) is 57.6 Å². The molecular formula is C20H23NO7. The minimum absolute atomic E-state index is 0.00634. The lowest BCUT2D eigenvalue weighted by Gasteiger charge is -2.26. The van der Waals surface area contributed by atoms with E-state index in [2.05, 4.69) is 4.90 Å². The van der Waals surface area contributed by atoms with E-state index in [0.717, 1.165) is 0 Å². The quantitative estimate of drug-likeness (QED) is 0.717. The van der Waals surface area contributed by atoms with Crippen LogP contribution in [0.3, 0.4) is 0 Å². The molecule has 150 valence electrons. The molecule has 0 unspecified atom stereocenters. The first kappa shape index (κ1) is 19.9. The zero-order valence-electron chi connectivity index (χ0n) is 15.6. The van der Waals surface area contributed by atoms with Gasteiger partial charge in [0.25, 0.3) is 0 Å². The van der Waals surface area contributed by atoms with E-state index < -0.39 is 23.1 Å². The second-order valence-electron chi connectivity index (χ2n) is 6.60. The van der Waals surface area contributed by atoms with Crippen molar-refractivity contribution in [3.8, 4) is 11.5 Å². The van der Waals surface area contributed by atoms with Crippen molar-refractivity contribution < 1.29 is 28.9 Å². The number of phenolic OH excluding ortho intramolecular Hbond substituents is 1. The molecule has 2 aromatic rings. The van der Waals surface area contributed by atoms with E-state index in [4.69, 9.17) is 13.9 Å². The molecule has 1 aromatic carbocycles. The molecule has 2 heterocycles. The number of aromatic hydroxyl groups is 2. The van der Waals surface area contributed by atoms with E-state index in [-0.39, 0.29) is 17.9 Å². The summed E-state index contributed by atoms with van der Waals surface area (Å²) in [7, 11) is 1.26. The summed E-state index contributed by atoms with van der Waals surface area (Å²) < 4.78 is 16.0. The number of methoxy groups -OCH3 is 1. The molecule has 0 spiro atoms. The van der Waals surface area contributed by atoms with Gasteiger partial charge in [0, 0.05) is 19.2 Å². The molecule has 0 bridgehead atoms. The van der Waals surface area contributed by atoms with E-state index in [1.54, 1.807) is 12.1 Å². The van der Waals surface area contributed by atoms with Gasteiger partial charge in [-0.25, -0.2) is 0 Å². The van der Waals surface area contributed by atoms with Gasteiger partial charge < -0.3 is 24.1 Å². The molecule has 0 radical (unpaired) electrons. The first-order valence-electron chi connectivity index (χ1n) is 8.99. The molecule has 1 aliphatic rings. The summed E-state index contributed by atoms with van der Waals surface area (Å²) in [6, 6.07) is 7.41. The van der Waals surface area contributed by atoms with Gasteiger partial charge in [-0.05, 0) is 17.7 Å². The highest BCUT2D eigenvalue weighted by molar-refractivity contribution is 5.71. The van der Waals surface area contributed by atoms with Gasteiger partial charge in [-0.3, -0.25) is 14.5 Å². The van der Waals surface area contributed by atoms with Crippen molar-refractivity contribution in [1.29, 1.82) is 0 Å². The van der Waals surface area contributed by atoms with Crippen molar-refractivity contribution in [2.24, 2.45) is 0 Å². The summed E-state index contributed by atoms with van der Waals surface area (Å²) in [6.07, 6.45) is -0.126. The molecule has 28 heavy (non-hydrogen) atoms. The van der Waals surface area contributed by atoms with Crippen LogP contribution in [0.5, 0.6) is 11.5 Å². The summed E-state index contributed by atoms with van der Waals surface area (Å²) in [5.74, 6) is -1.32. The number of morpholine rings is 1. The summed E-state index contributed by atoms with van der Waals surface area (Å²) in [4.78, 5) is 26.4. The summed E-state index contributed by atoms with van der Waals surface area (Å²) in [5.41, 5.74) is 0.0309. The second kappa shape index (κ2) is 8.90. The Bertz CT molecular complexity index is 869. The average Bonchev–Trinajstić information content (AvgIpc) is 2.70. The summed E-state index contributed by atoms with van der Waals surface area (Å²) in [6.45, 7) is 3.03. The van der Waals surface area contributed by atoms with Crippen molar-refractivity contribution in [1.82, 2.24) is 4.90 Å². The maximum absolute atomic E-state index is 12.3. The number of ether oxygens (including phenoxy) is 2. The number of benzene rings is 1. The fourth-order valence-corrected chi connectivity index (χ4v) is 3.17. The summed E-state index contributed by atoms with van der Waals surface area (Å²) >= 11 is 0. The van der Waals surface area contributed by atoms with Crippen LogP contribution in [-0.4, -0.2) is 54.5 Å². The van der Waals surface area contributed by atoms with Crippen molar-refractivity contribution >= 4 is 5.97 Å². The van der Waals surface area contributed by atoms with E-state index in [0.29, 0.717) is 44.2 Å². The predicted molar refractivity (Wildman–Crippen MR) is 99.3 cm³/mol. The molecule has 8 heteroatoms. The van der Waals surface area contributed by atoms with E-state index in [1.807, 2.05) is 0 Å². The average molecular weight is 389 g/mol. The van der Waals surface area contributed by atoms with Crippen molar-refractivity contribution in [2.75, 3.05) is 33.4 Å². The molecule has 8 nitrogen and oxygen atoms in total. The van der Waals surface area contributed by atoms with E-state index in [1.165, 1.54) is 25.3 Å². The molecule has 0 aliphatic carbocycles. The molecular weight excluding hydrogens is 366 g/mol. The third-order valence-electron chi connectivity index (χ3n) is 4.69. The fourth-order valence-electron chi connectivity index (χ4n) is 3.17. The van der Waals surface area contributed by atoms with Gasteiger partial charge in [-0.15, -0.1) is 0 Å². The van der Waals surface area contributed by atoms with E-state index >= 15 is 0 Å². The SMILES string of the molecule is COC(=O)C[C@@H](c1ccc(O)cc1)c1oc(CN2CCOCC2)cc(=O)c1O. The topological polar surface area (TPSA) is 109 Å². The third kappa shape index (κ3) is 4.71. The van der Waals surface area contributed by atoms with Gasteiger partial charge in [0.05, 0.1) is 39.2 Å². The van der Waals surface area contributed by atoms with Crippen LogP contribution in [0, 0.1) is 0 Å². The van der Waals surface area contributed by atoms with Gasteiger partial charge >= 0.3 is 5.97 Å². The lowest BCUT2D eigenvalue weighted by Crippen LogP contribution is -2.35. The molecule has 0 saturated carbocycles. The van der Waals surface area contributed by atoms with E-state index in [9.17, 15) is 19.8 Å². The maximum atomic E-state index is 12.3. The van der Waals surface area contributed by atoms with Gasteiger partial charge in [0.1, 0.15) is 11.5 Å². The fraction of sp³-hybridized carbons (Fsp3) is 0.400. The smallest absolute Gasteiger partial charge is 0.306 e. The molecule has 1 aromatic heterocycles. The van der Waals surface area contributed by atoms with Crippen LogP contribution in [0.1, 0.15) is 29.4 Å². The highest BCUT2D eigenvalue weighted by atomic mass is 16.5. The number of rotatable bonds is 6. The number of hydrogen-bond donors (Lipinski definition) is 2. The second-order valence-corrected chi connectivity index (χ2v) is 6.60. The highest BCUT2D eigenvalue weighted by Crippen LogP contribution is 2.34. The standard InChI is InChI=1S/C20H23NO7/c1-26-18(24)11-16(13-2-4-14(22)5-3-13)20-19(25)17(23)10-15(28-20)12-21-6-8-27-9-7-21/h2-5,10,16,22,25H,6-9,11-12H2,1H3/t16-/m0/s1. The Morgan fingerprint density at radius 2 is 1.89 bits per heavy atom. The molecule has 2 N–H and O–H groups in total. The normalized spacial score (nSPS) is 15.9. The van der Waals surface area contributed by atoms with Crippen LogP contribution in [0.2, 0.25) is 0 Å². The predicted octanol–water partition coefficient (Wildman–Crippen LogP) is 1.58. The molecule has 1 atom stereocenters. The van der Waals surface area contributed by atoms with Crippen LogP contribution >= 0.6 is 0 Å². The number of hydrogen-bond acceptors (Lipinski definition) is 8. The maximum Gasteiger partial charge on any atom is 0.306 e. The van der Waals surface area contributed by atoms with Gasteiger partial charge in [-0.1, -0.05) is 12.1 Å². The molecule has 1 aliphatic heterocycles. The van der Waals surface area contributed by atoms with Crippen LogP contribution in [0.15, 0.2) is 39.5 Å². The largest absolute Gasteiger partial charge is 0.508 e.